The maximum absolute atomic E-state index is 13.4. The third-order valence-electron chi connectivity index (χ3n) is 8.39. The van der Waals surface area contributed by atoms with E-state index in [-0.39, 0.29) is 17.5 Å². The number of halogens is 1. The predicted octanol–water partition coefficient (Wildman–Crippen LogP) is 5.76. The van der Waals surface area contributed by atoms with E-state index in [1.807, 2.05) is 31.2 Å². The van der Waals surface area contributed by atoms with Crippen molar-refractivity contribution in [2.75, 3.05) is 13.7 Å². The van der Waals surface area contributed by atoms with Gasteiger partial charge in [0.1, 0.15) is 30.2 Å². The standard InChI is InChI=1S/C31H41FO6SSi/c1-19-8-11-22(16-21(19)17-24-14-15-26(39-24)20-9-12-23(32)13-10-20)31(36-5)29(35)28(34)27(33)25(38-31)18-37-40(6,7)30(2,3)4/h8-16,25,27-29,33-35H,17-18H2,1-7H3/t25-,27-,28?,29-,31+/m1/s1. The van der Waals surface area contributed by atoms with Crippen molar-refractivity contribution < 1.29 is 33.6 Å². The molecule has 40 heavy (non-hydrogen) atoms. The zero-order valence-electron chi connectivity index (χ0n) is 24.3. The largest absolute Gasteiger partial charge is 0.414 e. The highest BCUT2D eigenvalue weighted by Crippen LogP contribution is 2.42. The lowest BCUT2D eigenvalue weighted by Gasteiger charge is -2.49. The third kappa shape index (κ3) is 6.12. The number of hydrogen-bond donors (Lipinski definition) is 3. The molecule has 1 unspecified atom stereocenters. The van der Waals surface area contributed by atoms with Crippen molar-refractivity contribution in [2.24, 2.45) is 0 Å². The van der Waals surface area contributed by atoms with Crippen LogP contribution in [0.25, 0.3) is 10.4 Å². The maximum Gasteiger partial charge on any atom is 0.224 e. The lowest BCUT2D eigenvalue weighted by molar-refractivity contribution is -0.365. The Bertz CT molecular complexity index is 1300. The number of methoxy groups -OCH3 is 1. The average Bonchev–Trinajstić information content (AvgIpc) is 3.37. The molecule has 3 N–H and O–H groups in total. The Balaban J connectivity index is 1.61. The summed E-state index contributed by atoms with van der Waals surface area (Å²) in [5, 5.41) is 32.8. The van der Waals surface area contributed by atoms with Gasteiger partial charge in [-0.1, -0.05) is 45.0 Å². The van der Waals surface area contributed by atoms with Gasteiger partial charge in [-0.15, -0.1) is 11.3 Å². The van der Waals surface area contributed by atoms with Gasteiger partial charge in [0.05, 0.1) is 6.61 Å². The lowest BCUT2D eigenvalue weighted by Crippen LogP contribution is -2.64. The molecule has 1 aromatic heterocycles. The molecule has 1 aliphatic rings. The van der Waals surface area contributed by atoms with Crippen molar-refractivity contribution in [1.29, 1.82) is 0 Å². The van der Waals surface area contributed by atoms with Crippen molar-refractivity contribution >= 4 is 19.7 Å². The summed E-state index contributed by atoms with van der Waals surface area (Å²) in [5.41, 5.74) is 3.56. The van der Waals surface area contributed by atoms with E-state index < -0.39 is 38.5 Å². The molecule has 0 radical (unpaired) electrons. The molecule has 5 atom stereocenters. The first-order chi connectivity index (χ1) is 18.7. The number of aliphatic hydroxyl groups is 3. The van der Waals surface area contributed by atoms with E-state index in [2.05, 4.69) is 39.9 Å². The number of rotatable bonds is 8. The Hall–Kier alpha value is -1.95. The Labute approximate surface area is 241 Å². The molecule has 9 heteroatoms. The second-order valence-corrected chi connectivity index (χ2v) is 18.1. The SMILES string of the molecule is CO[C@@]1(c2ccc(C)c(Cc3ccc(-c4ccc(F)cc4)s3)c2)O[C@H](CO[Si](C)(C)C(C)(C)C)[C@@H](O)C(O)[C@H]1O. The zero-order chi connectivity index (χ0) is 29.5. The normalized spacial score (nSPS) is 25.8. The number of benzene rings is 2. The first-order valence-corrected chi connectivity index (χ1v) is 17.3. The van der Waals surface area contributed by atoms with Crippen LogP contribution in [-0.4, -0.2) is 61.8 Å². The predicted molar refractivity (Wildman–Crippen MR) is 158 cm³/mol. The van der Waals surface area contributed by atoms with Crippen LogP contribution in [0.1, 0.15) is 42.3 Å². The second-order valence-electron chi connectivity index (χ2n) is 12.1. The van der Waals surface area contributed by atoms with Crippen molar-refractivity contribution in [3.05, 3.63) is 82.0 Å². The molecule has 1 saturated heterocycles. The third-order valence-corrected chi connectivity index (χ3v) is 14.0. The van der Waals surface area contributed by atoms with Crippen LogP contribution in [0, 0.1) is 12.7 Å². The topological polar surface area (TPSA) is 88.4 Å². The monoisotopic (exact) mass is 588 g/mol. The van der Waals surface area contributed by atoms with Crippen LogP contribution in [0.15, 0.2) is 54.6 Å². The zero-order valence-corrected chi connectivity index (χ0v) is 26.1. The molecule has 0 spiro atoms. The van der Waals surface area contributed by atoms with Crippen molar-refractivity contribution in [1.82, 2.24) is 0 Å². The van der Waals surface area contributed by atoms with Crippen LogP contribution in [0.2, 0.25) is 18.1 Å². The van der Waals surface area contributed by atoms with Crippen LogP contribution in [0.4, 0.5) is 4.39 Å². The molecular formula is C31H41FO6SSi. The highest BCUT2D eigenvalue weighted by molar-refractivity contribution is 7.15. The molecule has 1 aliphatic heterocycles. The maximum atomic E-state index is 13.4. The molecule has 4 rings (SSSR count). The van der Waals surface area contributed by atoms with Gasteiger partial charge in [-0.25, -0.2) is 4.39 Å². The summed E-state index contributed by atoms with van der Waals surface area (Å²) >= 11 is 1.63. The lowest BCUT2D eigenvalue weighted by atomic mass is 9.86. The van der Waals surface area contributed by atoms with E-state index in [1.54, 1.807) is 23.5 Å². The first-order valence-electron chi connectivity index (χ1n) is 13.5. The second kappa shape index (κ2) is 11.7. The van der Waals surface area contributed by atoms with E-state index in [9.17, 15) is 19.7 Å². The van der Waals surface area contributed by atoms with Crippen LogP contribution >= 0.6 is 11.3 Å². The molecule has 0 saturated carbocycles. The first kappa shape index (κ1) is 31.0. The van der Waals surface area contributed by atoms with E-state index in [4.69, 9.17) is 13.9 Å². The van der Waals surface area contributed by atoms with Gasteiger partial charge in [-0.3, -0.25) is 0 Å². The van der Waals surface area contributed by atoms with Gasteiger partial charge >= 0.3 is 0 Å². The van der Waals surface area contributed by atoms with Gasteiger partial charge in [-0.05, 0) is 72.1 Å². The molecule has 1 fully saturated rings. The summed E-state index contributed by atoms with van der Waals surface area (Å²) in [6, 6.07) is 16.2. The van der Waals surface area contributed by atoms with Crippen molar-refractivity contribution in [3.63, 3.8) is 0 Å². The average molecular weight is 589 g/mol. The molecule has 0 bridgehead atoms. The summed E-state index contributed by atoms with van der Waals surface area (Å²) < 4.78 is 31.8. The van der Waals surface area contributed by atoms with Crippen LogP contribution < -0.4 is 0 Å². The summed E-state index contributed by atoms with van der Waals surface area (Å²) in [4.78, 5) is 2.16. The number of thiophene rings is 1. The minimum atomic E-state index is -2.17. The Morgan fingerprint density at radius 2 is 1.68 bits per heavy atom. The van der Waals surface area contributed by atoms with Gasteiger partial charge in [-0.2, -0.15) is 0 Å². The number of ether oxygens (including phenoxy) is 2. The Morgan fingerprint density at radius 3 is 2.30 bits per heavy atom. The Morgan fingerprint density at radius 1 is 1.00 bits per heavy atom. The van der Waals surface area contributed by atoms with Crippen molar-refractivity contribution in [3.8, 4) is 10.4 Å². The molecule has 6 nitrogen and oxygen atoms in total. The van der Waals surface area contributed by atoms with Gasteiger partial charge in [0, 0.05) is 28.8 Å². The molecule has 218 valence electrons. The smallest absolute Gasteiger partial charge is 0.224 e. The van der Waals surface area contributed by atoms with E-state index in [1.165, 1.54) is 19.2 Å². The summed E-state index contributed by atoms with van der Waals surface area (Å²) in [7, 11) is -0.748. The number of aliphatic hydroxyl groups excluding tert-OH is 3. The van der Waals surface area contributed by atoms with Crippen LogP contribution in [0.3, 0.4) is 0 Å². The van der Waals surface area contributed by atoms with Gasteiger partial charge in [0.15, 0.2) is 8.32 Å². The van der Waals surface area contributed by atoms with Crippen LogP contribution in [0.5, 0.6) is 0 Å². The fraction of sp³-hybridized carbons (Fsp3) is 0.484. The van der Waals surface area contributed by atoms with E-state index >= 15 is 0 Å². The van der Waals surface area contributed by atoms with Gasteiger partial charge < -0.3 is 29.2 Å². The quantitative estimate of drug-likeness (QED) is 0.290. The molecule has 0 amide bonds. The molecule has 3 aromatic rings. The highest BCUT2D eigenvalue weighted by atomic mass is 32.1. The summed E-state index contributed by atoms with van der Waals surface area (Å²) in [5.74, 6) is -1.96. The van der Waals surface area contributed by atoms with Crippen LogP contribution in [-0.2, 0) is 26.1 Å². The molecule has 2 aromatic carbocycles. The minimum absolute atomic E-state index is 0.0483. The number of aryl methyl sites for hydroxylation is 1. The van der Waals surface area contributed by atoms with E-state index in [0.29, 0.717) is 12.0 Å². The Kier molecular flexibility index (Phi) is 9.09. The summed E-state index contributed by atoms with van der Waals surface area (Å²) in [6.07, 6.45) is -4.65. The fourth-order valence-electron chi connectivity index (χ4n) is 4.67. The fourth-order valence-corrected chi connectivity index (χ4v) is 6.72. The minimum Gasteiger partial charge on any atom is -0.414 e. The van der Waals surface area contributed by atoms with Crippen molar-refractivity contribution in [2.45, 2.75) is 82.5 Å². The number of hydrogen-bond acceptors (Lipinski definition) is 7. The van der Waals surface area contributed by atoms with E-state index in [0.717, 1.165) is 26.4 Å². The molecular weight excluding hydrogens is 547 g/mol. The van der Waals surface area contributed by atoms with Gasteiger partial charge in [0.2, 0.25) is 5.79 Å². The highest BCUT2D eigenvalue weighted by Gasteiger charge is 2.55. The van der Waals surface area contributed by atoms with Gasteiger partial charge in [0.25, 0.3) is 0 Å². The molecule has 0 aliphatic carbocycles. The summed E-state index contributed by atoms with van der Waals surface area (Å²) in [6.45, 7) is 12.7. The molecule has 2 heterocycles.